The third kappa shape index (κ3) is 2.28. The van der Waals surface area contributed by atoms with Gasteiger partial charge in [-0.2, -0.15) is 0 Å². The summed E-state index contributed by atoms with van der Waals surface area (Å²) in [7, 11) is 0. The highest BCUT2D eigenvalue weighted by molar-refractivity contribution is 5.91. The van der Waals surface area contributed by atoms with Gasteiger partial charge in [0.1, 0.15) is 5.82 Å². The lowest BCUT2D eigenvalue weighted by molar-refractivity contribution is -0.133. The van der Waals surface area contributed by atoms with Gasteiger partial charge in [0.05, 0.1) is 22.5 Å². The van der Waals surface area contributed by atoms with Gasteiger partial charge in [-0.1, -0.05) is 42.5 Å². The number of hydrogen-bond donors (Lipinski definition) is 0. The highest BCUT2D eigenvalue weighted by Gasteiger charge is 2.53. The van der Waals surface area contributed by atoms with Gasteiger partial charge in [-0.3, -0.25) is 4.79 Å². The van der Waals surface area contributed by atoms with Crippen molar-refractivity contribution in [3.05, 3.63) is 66.0 Å². The van der Waals surface area contributed by atoms with E-state index in [1.165, 1.54) is 11.1 Å². The highest BCUT2D eigenvalue weighted by Crippen LogP contribution is 2.50. The van der Waals surface area contributed by atoms with Crippen LogP contribution in [-0.2, 0) is 10.2 Å². The number of fused-ring (bicyclic) bond motifs is 1. The van der Waals surface area contributed by atoms with Crippen LogP contribution in [0.1, 0.15) is 36.7 Å². The molecular weight excluding hydrogens is 322 g/mol. The first-order valence-corrected chi connectivity index (χ1v) is 9.47. The Morgan fingerprint density at radius 1 is 1.08 bits per heavy atom. The van der Waals surface area contributed by atoms with Crippen LogP contribution in [0, 0.1) is 6.92 Å². The van der Waals surface area contributed by atoms with E-state index in [2.05, 4.69) is 46.7 Å². The molecule has 4 heteroatoms. The summed E-state index contributed by atoms with van der Waals surface area (Å²) in [5.74, 6) is 1.35. The van der Waals surface area contributed by atoms with Crippen LogP contribution in [0.25, 0.3) is 11.0 Å². The molecule has 0 bridgehead atoms. The first-order valence-electron chi connectivity index (χ1n) is 9.47. The van der Waals surface area contributed by atoms with Gasteiger partial charge >= 0.3 is 0 Å². The fraction of sp³-hybridized carbons (Fsp3) is 0.364. The minimum Gasteiger partial charge on any atom is -0.340 e. The van der Waals surface area contributed by atoms with Crippen LogP contribution in [0.3, 0.4) is 0 Å². The number of aromatic nitrogens is 2. The Hall–Kier alpha value is -2.62. The first-order chi connectivity index (χ1) is 12.7. The lowest BCUT2D eigenvalue weighted by Gasteiger charge is -2.24. The Morgan fingerprint density at radius 2 is 1.81 bits per heavy atom. The summed E-state index contributed by atoms with van der Waals surface area (Å²) in [6.45, 7) is 3.69. The van der Waals surface area contributed by atoms with Crippen molar-refractivity contribution in [3.8, 4) is 0 Å². The summed E-state index contributed by atoms with van der Waals surface area (Å²) in [6, 6.07) is 18.9. The van der Waals surface area contributed by atoms with Crippen LogP contribution in [0.5, 0.6) is 0 Å². The zero-order valence-corrected chi connectivity index (χ0v) is 15.1. The molecule has 2 heterocycles. The molecule has 26 heavy (non-hydrogen) atoms. The van der Waals surface area contributed by atoms with Crippen LogP contribution in [0.2, 0.25) is 0 Å². The van der Waals surface area contributed by atoms with Crippen molar-refractivity contribution in [3.63, 3.8) is 0 Å². The zero-order chi connectivity index (χ0) is 17.7. The van der Waals surface area contributed by atoms with Gasteiger partial charge in [-0.15, -0.1) is 0 Å². The molecule has 1 atom stereocenters. The molecule has 4 nitrogen and oxygen atoms in total. The summed E-state index contributed by atoms with van der Waals surface area (Å²) < 4.78 is 2.32. The van der Waals surface area contributed by atoms with E-state index in [-0.39, 0.29) is 5.41 Å². The molecule has 3 aromatic rings. The average molecular weight is 345 g/mol. The molecule has 1 aliphatic heterocycles. The van der Waals surface area contributed by atoms with Gasteiger partial charge in [-0.05, 0) is 43.9 Å². The maximum atomic E-state index is 13.3. The molecule has 2 fully saturated rings. The summed E-state index contributed by atoms with van der Waals surface area (Å²) in [5.41, 5.74) is 3.13. The SMILES string of the molecule is Cc1nc2ccccc2n1[C@H]1CCN(C(=O)C2(c3ccccc3)CC2)C1. The lowest BCUT2D eigenvalue weighted by Crippen LogP contribution is -2.38. The Kier molecular flexibility index (Phi) is 3.42. The first kappa shape index (κ1) is 15.6. The zero-order valence-electron chi connectivity index (χ0n) is 15.1. The predicted molar refractivity (Wildman–Crippen MR) is 102 cm³/mol. The lowest BCUT2D eigenvalue weighted by atomic mass is 9.94. The highest BCUT2D eigenvalue weighted by atomic mass is 16.2. The largest absolute Gasteiger partial charge is 0.340 e. The number of para-hydroxylation sites is 2. The molecular formula is C22H23N3O. The number of rotatable bonds is 3. The third-order valence-corrected chi connectivity index (χ3v) is 6.07. The number of amides is 1. The quantitative estimate of drug-likeness (QED) is 0.723. The molecule has 1 aliphatic carbocycles. The number of nitrogens with zero attached hydrogens (tertiary/aromatic N) is 3. The van der Waals surface area contributed by atoms with E-state index in [1.807, 2.05) is 24.3 Å². The van der Waals surface area contributed by atoms with Crippen molar-refractivity contribution in [1.82, 2.24) is 14.5 Å². The van der Waals surface area contributed by atoms with E-state index in [1.54, 1.807) is 0 Å². The molecule has 5 rings (SSSR count). The molecule has 132 valence electrons. The topological polar surface area (TPSA) is 38.1 Å². The van der Waals surface area contributed by atoms with Crippen LogP contribution in [0.4, 0.5) is 0 Å². The minimum absolute atomic E-state index is 0.262. The van der Waals surface area contributed by atoms with Gasteiger partial charge in [0.25, 0.3) is 0 Å². The number of likely N-dealkylation sites (tertiary alicyclic amines) is 1. The molecule has 0 N–H and O–H groups in total. The van der Waals surface area contributed by atoms with Crippen molar-refractivity contribution in [1.29, 1.82) is 0 Å². The Labute approximate surface area is 153 Å². The van der Waals surface area contributed by atoms with Gasteiger partial charge < -0.3 is 9.47 Å². The van der Waals surface area contributed by atoms with Crippen LogP contribution < -0.4 is 0 Å². The van der Waals surface area contributed by atoms with E-state index in [4.69, 9.17) is 4.98 Å². The van der Waals surface area contributed by atoms with Crippen molar-refractivity contribution >= 4 is 16.9 Å². The number of carbonyl (C=O) groups excluding carboxylic acids is 1. The average Bonchev–Trinajstić information content (AvgIpc) is 3.22. The number of carbonyl (C=O) groups is 1. The van der Waals surface area contributed by atoms with Gasteiger partial charge in [0.2, 0.25) is 5.91 Å². The fourth-order valence-corrected chi connectivity index (χ4v) is 4.57. The van der Waals surface area contributed by atoms with Crippen molar-refractivity contribution in [2.45, 2.75) is 37.6 Å². The van der Waals surface area contributed by atoms with E-state index in [0.717, 1.165) is 43.7 Å². The monoisotopic (exact) mass is 345 g/mol. The Morgan fingerprint density at radius 3 is 2.58 bits per heavy atom. The summed E-state index contributed by atoms with van der Waals surface area (Å²) in [6.07, 6.45) is 2.95. The summed E-state index contributed by atoms with van der Waals surface area (Å²) in [5, 5.41) is 0. The molecule has 0 spiro atoms. The Bertz CT molecular complexity index is 971. The Balaban J connectivity index is 1.41. The van der Waals surface area contributed by atoms with E-state index < -0.39 is 0 Å². The number of imidazole rings is 1. The fourth-order valence-electron chi connectivity index (χ4n) is 4.57. The van der Waals surface area contributed by atoms with E-state index >= 15 is 0 Å². The van der Waals surface area contributed by atoms with Gasteiger partial charge in [-0.25, -0.2) is 4.98 Å². The maximum absolute atomic E-state index is 13.3. The van der Waals surface area contributed by atoms with Crippen LogP contribution >= 0.6 is 0 Å². The molecule has 2 aliphatic rings. The summed E-state index contributed by atoms with van der Waals surface area (Å²) in [4.78, 5) is 20.1. The van der Waals surface area contributed by atoms with Gasteiger partial charge in [0, 0.05) is 13.1 Å². The second-order valence-corrected chi connectivity index (χ2v) is 7.66. The maximum Gasteiger partial charge on any atom is 0.233 e. The number of hydrogen-bond acceptors (Lipinski definition) is 2. The van der Waals surface area contributed by atoms with Crippen LogP contribution in [0.15, 0.2) is 54.6 Å². The normalized spacial score (nSPS) is 21.3. The van der Waals surface area contributed by atoms with Crippen LogP contribution in [-0.4, -0.2) is 33.4 Å². The van der Waals surface area contributed by atoms with Crippen molar-refractivity contribution < 1.29 is 4.79 Å². The molecule has 1 saturated carbocycles. The molecule has 1 aromatic heterocycles. The van der Waals surface area contributed by atoms with Gasteiger partial charge in [0.15, 0.2) is 0 Å². The third-order valence-electron chi connectivity index (χ3n) is 6.07. The standard InChI is InChI=1S/C22H23N3O/c1-16-23-19-9-5-6-10-20(19)25(16)18-11-14-24(15-18)21(26)22(12-13-22)17-7-3-2-4-8-17/h2-10,18H,11-15H2,1H3/t18-/m0/s1. The predicted octanol–water partition coefficient (Wildman–Crippen LogP) is 3.85. The van der Waals surface area contributed by atoms with E-state index in [9.17, 15) is 4.79 Å². The number of benzene rings is 2. The molecule has 0 unspecified atom stereocenters. The van der Waals surface area contributed by atoms with Crippen molar-refractivity contribution in [2.24, 2.45) is 0 Å². The van der Waals surface area contributed by atoms with Crippen molar-refractivity contribution in [2.75, 3.05) is 13.1 Å². The summed E-state index contributed by atoms with van der Waals surface area (Å²) >= 11 is 0. The molecule has 2 aromatic carbocycles. The smallest absolute Gasteiger partial charge is 0.233 e. The molecule has 1 amide bonds. The second kappa shape index (κ2) is 5.70. The molecule has 1 saturated heterocycles. The number of aryl methyl sites for hydroxylation is 1. The minimum atomic E-state index is -0.262. The second-order valence-electron chi connectivity index (χ2n) is 7.66. The molecule has 0 radical (unpaired) electrons. The van der Waals surface area contributed by atoms with E-state index in [0.29, 0.717) is 11.9 Å².